The molecule has 25 heavy (non-hydrogen) atoms. The summed E-state index contributed by atoms with van der Waals surface area (Å²) in [6, 6.07) is 11.8. The van der Waals surface area contributed by atoms with Gasteiger partial charge in [-0.3, -0.25) is 9.78 Å². The number of hydrogen-bond acceptors (Lipinski definition) is 5. The Hall–Kier alpha value is -3.02. The molecule has 0 unspecified atom stereocenters. The van der Waals surface area contributed by atoms with Crippen molar-refractivity contribution in [2.75, 3.05) is 25.5 Å². The van der Waals surface area contributed by atoms with Crippen LogP contribution in [0.1, 0.15) is 12.0 Å². The lowest BCUT2D eigenvalue weighted by Gasteiger charge is -2.17. The first-order chi connectivity index (χ1) is 12.2. The van der Waals surface area contributed by atoms with Crippen molar-refractivity contribution in [1.29, 1.82) is 0 Å². The van der Waals surface area contributed by atoms with E-state index in [4.69, 9.17) is 0 Å². The summed E-state index contributed by atoms with van der Waals surface area (Å²) in [7, 11) is 1.84. The van der Waals surface area contributed by atoms with Crippen molar-refractivity contribution in [2.24, 2.45) is 0 Å². The molecule has 0 aliphatic heterocycles. The summed E-state index contributed by atoms with van der Waals surface area (Å²) in [5, 5.41) is 4.20. The largest absolute Gasteiger partial charge is 0.369 e. The van der Waals surface area contributed by atoms with Crippen LogP contribution in [0.2, 0.25) is 0 Å². The van der Waals surface area contributed by atoms with Gasteiger partial charge in [-0.25, -0.2) is 9.97 Å². The lowest BCUT2D eigenvalue weighted by Crippen LogP contribution is -2.30. The van der Waals surface area contributed by atoms with E-state index in [1.807, 2.05) is 43.4 Å². The molecule has 3 aromatic rings. The van der Waals surface area contributed by atoms with Gasteiger partial charge in [0.1, 0.15) is 12.1 Å². The van der Waals surface area contributed by atoms with E-state index in [1.165, 1.54) is 11.9 Å². The Kier molecular flexibility index (Phi) is 5.51. The molecule has 1 amide bonds. The van der Waals surface area contributed by atoms with E-state index in [-0.39, 0.29) is 5.91 Å². The number of benzene rings is 1. The summed E-state index contributed by atoms with van der Waals surface area (Å²) in [5.41, 5.74) is 2.07. The third-order valence-electron chi connectivity index (χ3n) is 4.09. The molecular weight excluding hydrogens is 314 g/mol. The topological polar surface area (TPSA) is 71.0 Å². The minimum absolute atomic E-state index is 0.111. The Labute approximate surface area is 146 Å². The highest BCUT2D eigenvalue weighted by atomic mass is 16.2. The van der Waals surface area contributed by atoms with Gasteiger partial charge in [0.2, 0.25) is 5.91 Å². The molecular formula is C19H21N5O. The lowest BCUT2D eigenvalue weighted by molar-refractivity contribution is -0.129. The highest BCUT2D eigenvalue weighted by molar-refractivity contribution is 5.88. The first-order valence-electron chi connectivity index (χ1n) is 8.30. The number of amides is 1. The summed E-state index contributed by atoms with van der Waals surface area (Å²) in [5.74, 6) is 0.873. The molecule has 6 nitrogen and oxygen atoms in total. The van der Waals surface area contributed by atoms with Crippen molar-refractivity contribution in [3.63, 3.8) is 0 Å². The summed E-state index contributed by atoms with van der Waals surface area (Å²) >= 11 is 0. The van der Waals surface area contributed by atoms with E-state index in [1.54, 1.807) is 17.3 Å². The van der Waals surface area contributed by atoms with Crippen molar-refractivity contribution in [1.82, 2.24) is 19.9 Å². The fourth-order valence-electron chi connectivity index (χ4n) is 2.60. The molecule has 2 heterocycles. The van der Waals surface area contributed by atoms with Crippen LogP contribution >= 0.6 is 0 Å². The van der Waals surface area contributed by atoms with Crippen LogP contribution in [0.25, 0.3) is 10.9 Å². The Morgan fingerprint density at radius 1 is 1.12 bits per heavy atom. The predicted octanol–water partition coefficient (Wildman–Crippen LogP) is 2.53. The van der Waals surface area contributed by atoms with Crippen molar-refractivity contribution in [3.05, 3.63) is 60.7 Å². The van der Waals surface area contributed by atoms with Crippen LogP contribution in [0.15, 0.2) is 55.1 Å². The third-order valence-corrected chi connectivity index (χ3v) is 4.09. The Bertz CT molecular complexity index is 832. The molecule has 0 aliphatic carbocycles. The van der Waals surface area contributed by atoms with Gasteiger partial charge in [-0.05, 0) is 36.2 Å². The van der Waals surface area contributed by atoms with E-state index in [2.05, 4.69) is 20.3 Å². The minimum atomic E-state index is 0.111. The number of aromatic nitrogens is 3. The van der Waals surface area contributed by atoms with Crippen LogP contribution < -0.4 is 5.32 Å². The van der Waals surface area contributed by atoms with Gasteiger partial charge >= 0.3 is 0 Å². The average Bonchev–Trinajstić information content (AvgIpc) is 2.67. The van der Waals surface area contributed by atoms with Crippen LogP contribution in [0.4, 0.5) is 5.82 Å². The van der Waals surface area contributed by atoms with Gasteiger partial charge in [-0.15, -0.1) is 0 Å². The molecule has 6 heteroatoms. The monoisotopic (exact) mass is 335 g/mol. The fourth-order valence-corrected chi connectivity index (χ4v) is 2.60. The Morgan fingerprint density at radius 2 is 1.92 bits per heavy atom. The van der Waals surface area contributed by atoms with Gasteiger partial charge in [0, 0.05) is 44.3 Å². The Morgan fingerprint density at radius 3 is 2.76 bits per heavy atom. The first kappa shape index (κ1) is 16.8. The summed E-state index contributed by atoms with van der Waals surface area (Å²) < 4.78 is 0. The molecule has 0 atom stereocenters. The molecule has 0 saturated heterocycles. The molecule has 1 N–H and O–H groups in total. The van der Waals surface area contributed by atoms with Crippen LogP contribution in [0, 0.1) is 0 Å². The van der Waals surface area contributed by atoms with Crippen LogP contribution in [0.5, 0.6) is 0 Å². The van der Waals surface area contributed by atoms with E-state index in [0.717, 1.165) is 23.1 Å². The van der Waals surface area contributed by atoms with Gasteiger partial charge in [-0.2, -0.15) is 0 Å². The second-order valence-electron chi connectivity index (χ2n) is 5.84. The number of carbonyl (C=O) groups excluding carboxylic acids is 1. The highest BCUT2D eigenvalue weighted by Gasteiger charge is 2.09. The third kappa shape index (κ3) is 4.50. The number of anilines is 1. The molecule has 0 bridgehead atoms. The SMILES string of the molecule is CN(CCc1ccncc1)C(=O)CCNc1ncnc2ccccc12. The van der Waals surface area contributed by atoms with Crippen molar-refractivity contribution >= 4 is 22.6 Å². The number of para-hydroxylation sites is 1. The van der Waals surface area contributed by atoms with E-state index in [9.17, 15) is 4.79 Å². The van der Waals surface area contributed by atoms with Crippen LogP contribution in [-0.4, -0.2) is 45.9 Å². The smallest absolute Gasteiger partial charge is 0.224 e. The van der Waals surface area contributed by atoms with Crippen LogP contribution in [0.3, 0.4) is 0 Å². The summed E-state index contributed by atoms with van der Waals surface area (Å²) in [4.78, 5) is 26.5. The van der Waals surface area contributed by atoms with Crippen LogP contribution in [-0.2, 0) is 11.2 Å². The highest BCUT2D eigenvalue weighted by Crippen LogP contribution is 2.18. The molecule has 1 aromatic carbocycles. The fraction of sp³-hybridized carbons (Fsp3) is 0.263. The number of nitrogens with one attached hydrogen (secondary N) is 1. The van der Waals surface area contributed by atoms with Crippen molar-refractivity contribution in [3.8, 4) is 0 Å². The number of pyridine rings is 1. The number of rotatable bonds is 7. The standard InChI is InChI=1S/C19H21N5O/c1-24(13-9-15-6-10-20-11-7-15)18(25)8-12-21-19-16-4-2-3-5-17(16)22-14-23-19/h2-7,10-11,14H,8-9,12-13H2,1H3,(H,21,22,23). The number of hydrogen-bond donors (Lipinski definition) is 1. The zero-order valence-electron chi connectivity index (χ0n) is 14.2. The van der Waals surface area contributed by atoms with Gasteiger partial charge < -0.3 is 10.2 Å². The van der Waals surface area contributed by atoms with E-state index in [0.29, 0.717) is 19.5 Å². The van der Waals surface area contributed by atoms with Gasteiger partial charge in [-0.1, -0.05) is 12.1 Å². The maximum absolute atomic E-state index is 12.3. The van der Waals surface area contributed by atoms with Gasteiger partial charge in [0.05, 0.1) is 5.52 Å². The average molecular weight is 335 g/mol. The molecule has 2 aromatic heterocycles. The molecule has 3 rings (SSSR count). The zero-order chi connectivity index (χ0) is 17.5. The molecule has 0 spiro atoms. The quantitative estimate of drug-likeness (QED) is 0.718. The van der Waals surface area contributed by atoms with Gasteiger partial charge in [0.15, 0.2) is 0 Å². The number of fused-ring (bicyclic) bond motifs is 1. The summed E-state index contributed by atoms with van der Waals surface area (Å²) in [6.45, 7) is 1.23. The molecule has 0 fully saturated rings. The van der Waals surface area contributed by atoms with Gasteiger partial charge in [0.25, 0.3) is 0 Å². The van der Waals surface area contributed by atoms with E-state index < -0.39 is 0 Å². The number of likely N-dealkylation sites (N-methyl/N-ethyl adjacent to an activating group) is 1. The maximum atomic E-state index is 12.3. The summed E-state index contributed by atoms with van der Waals surface area (Å²) in [6.07, 6.45) is 6.33. The lowest BCUT2D eigenvalue weighted by atomic mass is 10.2. The molecule has 0 saturated carbocycles. The second kappa shape index (κ2) is 8.19. The van der Waals surface area contributed by atoms with Crippen molar-refractivity contribution < 1.29 is 4.79 Å². The Balaban J connectivity index is 1.48. The molecule has 0 radical (unpaired) electrons. The normalized spacial score (nSPS) is 10.6. The minimum Gasteiger partial charge on any atom is -0.369 e. The first-order valence-corrected chi connectivity index (χ1v) is 8.30. The number of nitrogens with zero attached hydrogens (tertiary/aromatic N) is 4. The van der Waals surface area contributed by atoms with Crippen molar-refractivity contribution in [2.45, 2.75) is 12.8 Å². The molecule has 128 valence electrons. The predicted molar refractivity (Wildman–Crippen MR) is 98.2 cm³/mol. The maximum Gasteiger partial charge on any atom is 0.224 e. The number of carbonyl (C=O) groups is 1. The van der Waals surface area contributed by atoms with E-state index >= 15 is 0 Å². The molecule has 0 aliphatic rings. The second-order valence-corrected chi connectivity index (χ2v) is 5.84. The zero-order valence-corrected chi connectivity index (χ0v) is 14.2.